The maximum atomic E-state index is 12.4. The second-order valence-electron chi connectivity index (χ2n) is 3.87. The number of carbonyl (C=O) groups excluding carboxylic acids is 1. The number of rotatable bonds is 3. The van der Waals surface area contributed by atoms with Crippen LogP contribution < -0.4 is 10.1 Å². The van der Waals surface area contributed by atoms with E-state index in [1.165, 1.54) is 25.3 Å². The number of methoxy groups -OCH3 is 1. The molecule has 2 aromatic rings. The van der Waals surface area contributed by atoms with Crippen LogP contribution in [0.25, 0.3) is 0 Å². The van der Waals surface area contributed by atoms with Crippen LogP contribution in [0.3, 0.4) is 0 Å². The van der Waals surface area contributed by atoms with Gasteiger partial charge in [-0.2, -0.15) is 13.2 Å². The molecule has 0 radical (unpaired) electrons. The number of anilines is 1. The van der Waals surface area contributed by atoms with Gasteiger partial charge in [0.2, 0.25) is 0 Å². The summed E-state index contributed by atoms with van der Waals surface area (Å²) in [7, 11) is 1.39. The maximum absolute atomic E-state index is 12.4. The van der Waals surface area contributed by atoms with Crippen molar-refractivity contribution in [3.63, 3.8) is 0 Å². The molecule has 0 bridgehead atoms. The molecule has 0 spiro atoms. The minimum Gasteiger partial charge on any atom is -0.507 e. The van der Waals surface area contributed by atoms with E-state index in [9.17, 15) is 23.1 Å². The molecule has 0 atom stereocenters. The first-order chi connectivity index (χ1) is 9.81. The average molecular weight is 318 g/mol. The van der Waals surface area contributed by atoms with Crippen LogP contribution in [-0.2, 0) is 6.18 Å². The molecule has 21 heavy (non-hydrogen) atoms. The molecule has 2 N–H and O–H groups in total. The van der Waals surface area contributed by atoms with E-state index >= 15 is 0 Å². The highest BCUT2D eigenvalue weighted by atomic mass is 32.1. The fourth-order valence-corrected chi connectivity index (χ4v) is 2.17. The Kier molecular flexibility index (Phi) is 4.03. The highest BCUT2D eigenvalue weighted by molar-refractivity contribution is 7.14. The summed E-state index contributed by atoms with van der Waals surface area (Å²) in [5, 5.41) is 12.5. The molecule has 1 heterocycles. The fraction of sp³-hybridized carbons (Fsp3) is 0.167. The van der Waals surface area contributed by atoms with Gasteiger partial charge in [-0.05, 0) is 12.1 Å². The van der Waals surface area contributed by atoms with Crippen LogP contribution in [0.15, 0.2) is 23.6 Å². The van der Waals surface area contributed by atoms with Crippen molar-refractivity contribution in [3.8, 4) is 11.5 Å². The molecule has 1 amide bonds. The number of aromatic nitrogens is 1. The summed E-state index contributed by atoms with van der Waals surface area (Å²) >= 11 is 0.644. The largest absolute Gasteiger partial charge is 0.507 e. The molecule has 0 aliphatic carbocycles. The van der Waals surface area contributed by atoms with Crippen LogP contribution in [0.2, 0.25) is 0 Å². The Morgan fingerprint density at radius 2 is 2.14 bits per heavy atom. The molecule has 112 valence electrons. The molecule has 0 aliphatic heterocycles. The van der Waals surface area contributed by atoms with E-state index in [2.05, 4.69) is 10.3 Å². The number of hydrogen-bond donors (Lipinski definition) is 2. The predicted molar refractivity (Wildman–Crippen MR) is 69.7 cm³/mol. The third kappa shape index (κ3) is 3.43. The molecule has 0 saturated heterocycles. The Hall–Kier alpha value is -2.29. The first-order valence-electron chi connectivity index (χ1n) is 5.52. The van der Waals surface area contributed by atoms with Gasteiger partial charge in [0.15, 0.2) is 10.8 Å². The number of nitrogens with one attached hydrogen (secondary N) is 1. The number of phenols is 1. The van der Waals surface area contributed by atoms with Crippen LogP contribution in [0.1, 0.15) is 16.1 Å². The molecule has 0 fully saturated rings. The minimum atomic E-state index is -4.57. The Balaban J connectivity index is 2.16. The molecular weight excluding hydrogens is 309 g/mol. The van der Waals surface area contributed by atoms with E-state index in [0.717, 1.165) is 5.38 Å². The number of halogens is 3. The molecule has 0 aliphatic rings. The number of carbonyl (C=O) groups is 1. The van der Waals surface area contributed by atoms with Gasteiger partial charge in [-0.1, -0.05) is 0 Å². The third-order valence-electron chi connectivity index (χ3n) is 2.46. The number of benzene rings is 1. The number of ether oxygens (including phenoxy) is 1. The summed E-state index contributed by atoms with van der Waals surface area (Å²) in [5.74, 6) is -0.768. The van der Waals surface area contributed by atoms with Crippen molar-refractivity contribution in [2.45, 2.75) is 6.18 Å². The van der Waals surface area contributed by atoms with Crippen molar-refractivity contribution in [3.05, 3.63) is 34.8 Å². The van der Waals surface area contributed by atoms with Crippen LogP contribution >= 0.6 is 11.3 Å². The van der Waals surface area contributed by atoms with E-state index in [1.54, 1.807) is 0 Å². The van der Waals surface area contributed by atoms with Crippen LogP contribution in [0, 0.1) is 0 Å². The third-order valence-corrected chi connectivity index (χ3v) is 3.22. The summed E-state index contributed by atoms with van der Waals surface area (Å²) in [6.45, 7) is 0. The lowest BCUT2D eigenvalue weighted by atomic mass is 10.2. The van der Waals surface area contributed by atoms with E-state index < -0.39 is 17.8 Å². The van der Waals surface area contributed by atoms with Crippen LogP contribution in [-0.4, -0.2) is 23.1 Å². The minimum absolute atomic E-state index is 0.0976. The lowest BCUT2D eigenvalue weighted by Crippen LogP contribution is -2.13. The summed E-state index contributed by atoms with van der Waals surface area (Å²) in [6.07, 6.45) is -4.57. The molecule has 0 unspecified atom stereocenters. The first-order valence-corrected chi connectivity index (χ1v) is 6.40. The van der Waals surface area contributed by atoms with Gasteiger partial charge < -0.3 is 9.84 Å². The number of amides is 1. The zero-order chi connectivity index (χ0) is 15.6. The number of alkyl halides is 3. The SMILES string of the molecule is COc1ccc(C(=O)Nc2nc(C(F)(F)F)cs2)c(O)c1. The maximum Gasteiger partial charge on any atom is 0.434 e. The average Bonchev–Trinajstić information content (AvgIpc) is 2.86. The zero-order valence-corrected chi connectivity index (χ0v) is 11.4. The van der Waals surface area contributed by atoms with Crippen molar-refractivity contribution < 1.29 is 27.8 Å². The van der Waals surface area contributed by atoms with Gasteiger partial charge in [-0.3, -0.25) is 10.1 Å². The second kappa shape index (κ2) is 5.60. The topological polar surface area (TPSA) is 71.5 Å². The molecular formula is C12H9F3N2O3S. The van der Waals surface area contributed by atoms with Gasteiger partial charge in [-0.15, -0.1) is 11.3 Å². The van der Waals surface area contributed by atoms with Crippen LogP contribution in [0.5, 0.6) is 11.5 Å². The van der Waals surface area contributed by atoms with Crippen molar-refractivity contribution in [1.82, 2.24) is 4.98 Å². The second-order valence-corrected chi connectivity index (χ2v) is 4.73. The van der Waals surface area contributed by atoms with Crippen molar-refractivity contribution in [2.24, 2.45) is 0 Å². The fourth-order valence-electron chi connectivity index (χ4n) is 1.46. The summed E-state index contributed by atoms with van der Waals surface area (Å²) in [4.78, 5) is 15.1. The van der Waals surface area contributed by atoms with Gasteiger partial charge >= 0.3 is 6.18 Å². The smallest absolute Gasteiger partial charge is 0.434 e. The monoisotopic (exact) mass is 318 g/mol. The summed E-state index contributed by atoms with van der Waals surface area (Å²) in [6, 6.07) is 3.96. The highest BCUT2D eigenvalue weighted by Gasteiger charge is 2.34. The quantitative estimate of drug-likeness (QED) is 0.912. The molecule has 9 heteroatoms. The standard InChI is InChI=1S/C12H9F3N2O3S/c1-20-6-2-3-7(8(18)4-6)10(19)17-11-16-9(5-21-11)12(13,14)15/h2-5,18H,1H3,(H,16,17,19). The summed E-state index contributed by atoms with van der Waals surface area (Å²) in [5.41, 5.74) is -1.18. The normalized spacial score (nSPS) is 11.2. The molecule has 2 rings (SSSR count). The Morgan fingerprint density at radius 3 is 2.67 bits per heavy atom. The van der Waals surface area contributed by atoms with Gasteiger partial charge in [0.05, 0.1) is 12.7 Å². The van der Waals surface area contributed by atoms with E-state index in [-0.39, 0.29) is 16.4 Å². The molecule has 1 aromatic heterocycles. The zero-order valence-electron chi connectivity index (χ0n) is 10.6. The van der Waals surface area contributed by atoms with Crippen molar-refractivity contribution in [1.29, 1.82) is 0 Å². The van der Waals surface area contributed by atoms with E-state index in [0.29, 0.717) is 17.1 Å². The number of nitrogens with zero attached hydrogens (tertiary/aromatic N) is 1. The van der Waals surface area contributed by atoms with E-state index in [1.807, 2.05) is 0 Å². The Labute approximate surface area is 121 Å². The molecule has 5 nitrogen and oxygen atoms in total. The van der Waals surface area contributed by atoms with Crippen molar-refractivity contribution in [2.75, 3.05) is 12.4 Å². The number of thiazole rings is 1. The van der Waals surface area contributed by atoms with Gasteiger partial charge in [0.25, 0.3) is 5.91 Å². The number of aromatic hydroxyl groups is 1. The lowest BCUT2D eigenvalue weighted by Gasteiger charge is -2.06. The Bertz CT molecular complexity index is 670. The number of phenolic OH excluding ortho intramolecular Hbond substituents is 1. The van der Waals surface area contributed by atoms with Crippen LogP contribution in [0.4, 0.5) is 18.3 Å². The van der Waals surface area contributed by atoms with Gasteiger partial charge in [0.1, 0.15) is 11.5 Å². The number of hydrogen-bond acceptors (Lipinski definition) is 5. The lowest BCUT2D eigenvalue weighted by molar-refractivity contribution is -0.140. The first kappa shape index (κ1) is 15.1. The van der Waals surface area contributed by atoms with E-state index in [4.69, 9.17) is 4.74 Å². The predicted octanol–water partition coefficient (Wildman–Crippen LogP) is 3.13. The summed E-state index contributed by atoms with van der Waals surface area (Å²) < 4.78 is 42.0. The highest BCUT2D eigenvalue weighted by Crippen LogP contribution is 2.32. The molecule has 1 aromatic carbocycles. The van der Waals surface area contributed by atoms with Crippen molar-refractivity contribution >= 4 is 22.4 Å². The Morgan fingerprint density at radius 1 is 1.43 bits per heavy atom. The van der Waals surface area contributed by atoms with Gasteiger partial charge in [0, 0.05) is 11.4 Å². The molecule has 0 saturated carbocycles. The van der Waals surface area contributed by atoms with Gasteiger partial charge in [-0.25, -0.2) is 4.98 Å².